The third-order valence-corrected chi connectivity index (χ3v) is 5.22. The minimum Gasteiger partial charge on any atom is -0.494 e. The van der Waals surface area contributed by atoms with Crippen LogP contribution in [0.2, 0.25) is 0 Å². The van der Waals surface area contributed by atoms with E-state index in [1.165, 1.54) is 6.42 Å². The Labute approximate surface area is 159 Å². The maximum Gasteiger partial charge on any atom is 0.252 e. The Morgan fingerprint density at radius 2 is 2.15 bits per heavy atom. The average molecular weight is 363 g/mol. The normalized spacial score (nSPS) is 17.9. The molecule has 0 unspecified atom stereocenters. The van der Waals surface area contributed by atoms with Crippen LogP contribution < -0.4 is 10.3 Å². The molecule has 5 nitrogen and oxygen atoms in total. The first-order chi connectivity index (χ1) is 13.2. The van der Waals surface area contributed by atoms with E-state index in [1.54, 1.807) is 0 Å². The first kappa shape index (κ1) is 17.7. The van der Waals surface area contributed by atoms with Crippen molar-refractivity contribution in [2.24, 2.45) is 0 Å². The van der Waals surface area contributed by atoms with E-state index in [1.807, 2.05) is 49.5 Å². The summed E-state index contributed by atoms with van der Waals surface area (Å²) in [4.78, 5) is 22.6. The molecule has 4 rings (SSSR count). The first-order valence-corrected chi connectivity index (χ1v) is 9.68. The molecule has 1 aromatic carbocycles. The van der Waals surface area contributed by atoms with Crippen molar-refractivity contribution in [3.8, 4) is 5.75 Å². The summed E-state index contributed by atoms with van der Waals surface area (Å²) in [5.41, 5.74) is 2.70. The number of aromatic amines is 1. The number of rotatable bonds is 5. The van der Waals surface area contributed by atoms with Gasteiger partial charge in [-0.15, -0.1) is 0 Å². The van der Waals surface area contributed by atoms with Gasteiger partial charge in [-0.1, -0.05) is 12.5 Å². The molecule has 1 saturated heterocycles. The molecule has 1 N–H and O–H groups in total. The quantitative estimate of drug-likeness (QED) is 0.743. The van der Waals surface area contributed by atoms with Crippen molar-refractivity contribution in [3.05, 3.63) is 70.3 Å². The van der Waals surface area contributed by atoms with Crippen LogP contribution in [0.25, 0.3) is 10.9 Å². The third-order valence-electron chi connectivity index (χ3n) is 5.22. The van der Waals surface area contributed by atoms with Crippen molar-refractivity contribution < 1.29 is 4.74 Å². The van der Waals surface area contributed by atoms with Gasteiger partial charge in [0.1, 0.15) is 5.75 Å². The highest BCUT2D eigenvalue weighted by molar-refractivity contribution is 5.80. The molecular formula is C22H25N3O2. The SMILES string of the molecule is CCOc1ccc2[nH]c(=O)c(CN3CCCC[C@H]3c3ccccn3)cc2c1. The van der Waals surface area contributed by atoms with Gasteiger partial charge in [0.2, 0.25) is 0 Å². The lowest BCUT2D eigenvalue weighted by molar-refractivity contribution is 0.137. The lowest BCUT2D eigenvalue weighted by atomic mass is 9.98. The number of piperidine rings is 1. The molecule has 2 aromatic heterocycles. The number of hydrogen-bond donors (Lipinski definition) is 1. The van der Waals surface area contributed by atoms with Gasteiger partial charge in [-0.05, 0) is 62.7 Å². The summed E-state index contributed by atoms with van der Waals surface area (Å²) < 4.78 is 5.60. The van der Waals surface area contributed by atoms with Crippen molar-refractivity contribution in [2.45, 2.75) is 38.8 Å². The number of pyridine rings is 2. The molecule has 0 aliphatic carbocycles. The van der Waals surface area contributed by atoms with E-state index in [2.05, 4.69) is 20.9 Å². The Morgan fingerprint density at radius 3 is 2.96 bits per heavy atom. The minimum absolute atomic E-state index is 0.0167. The van der Waals surface area contributed by atoms with E-state index >= 15 is 0 Å². The third kappa shape index (κ3) is 3.88. The zero-order chi connectivity index (χ0) is 18.6. The Morgan fingerprint density at radius 1 is 1.22 bits per heavy atom. The molecule has 3 aromatic rings. The smallest absolute Gasteiger partial charge is 0.252 e. The molecule has 0 saturated carbocycles. The Hall–Kier alpha value is -2.66. The maximum atomic E-state index is 12.6. The van der Waals surface area contributed by atoms with E-state index in [0.29, 0.717) is 13.2 Å². The predicted octanol–water partition coefficient (Wildman–Crippen LogP) is 4.05. The fourth-order valence-corrected chi connectivity index (χ4v) is 3.91. The number of nitrogens with one attached hydrogen (secondary N) is 1. The summed E-state index contributed by atoms with van der Waals surface area (Å²) in [6.45, 7) is 4.21. The van der Waals surface area contributed by atoms with Crippen LogP contribution in [0.1, 0.15) is 43.5 Å². The number of nitrogens with zero attached hydrogens (tertiary/aromatic N) is 2. The molecule has 5 heteroatoms. The molecule has 0 amide bonds. The number of fused-ring (bicyclic) bond motifs is 1. The van der Waals surface area contributed by atoms with Gasteiger partial charge in [-0.25, -0.2) is 0 Å². The van der Waals surface area contributed by atoms with Gasteiger partial charge >= 0.3 is 0 Å². The number of H-pyrrole nitrogens is 1. The van der Waals surface area contributed by atoms with Crippen molar-refractivity contribution in [1.82, 2.24) is 14.9 Å². The molecule has 1 fully saturated rings. The largest absolute Gasteiger partial charge is 0.494 e. The van der Waals surface area contributed by atoms with E-state index in [-0.39, 0.29) is 11.6 Å². The summed E-state index contributed by atoms with van der Waals surface area (Å²) in [6, 6.07) is 14.1. The van der Waals surface area contributed by atoms with Gasteiger partial charge < -0.3 is 9.72 Å². The molecular weight excluding hydrogens is 338 g/mol. The molecule has 27 heavy (non-hydrogen) atoms. The van der Waals surface area contributed by atoms with Crippen LogP contribution in [0.15, 0.2) is 53.5 Å². The van der Waals surface area contributed by atoms with Crippen LogP contribution in [0.5, 0.6) is 5.75 Å². The zero-order valence-corrected chi connectivity index (χ0v) is 15.6. The second-order valence-electron chi connectivity index (χ2n) is 7.04. The van der Waals surface area contributed by atoms with Crippen LogP contribution in [0.4, 0.5) is 0 Å². The summed E-state index contributed by atoms with van der Waals surface area (Å²) in [7, 11) is 0. The van der Waals surface area contributed by atoms with Gasteiger partial charge in [-0.2, -0.15) is 0 Å². The number of benzene rings is 1. The van der Waals surface area contributed by atoms with Crippen molar-refractivity contribution in [1.29, 1.82) is 0 Å². The van der Waals surface area contributed by atoms with Crippen molar-refractivity contribution in [3.63, 3.8) is 0 Å². The topological polar surface area (TPSA) is 58.2 Å². The minimum atomic E-state index is -0.0167. The van der Waals surface area contributed by atoms with Gasteiger partial charge in [0.25, 0.3) is 5.56 Å². The molecule has 140 valence electrons. The monoisotopic (exact) mass is 363 g/mol. The highest BCUT2D eigenvalue weighted by Gasteiger charge is 2.25. The molecule has 1 atom stereocenters. The molecule has 1 aliphatic rings. The Balaban J connectivity index is 1.64. The average Bonchev–Trinajstić information content (AvgIpc) is 2.70. The highest BCUT2D eigenvalue weighted by Crippen LogP contribution is 2.31. The van der Waals surface area contributed by atoms with Crippen LogP contribution in [0, 0.1) is 0 Å². The lowest BCUT2D eigenvalue weighted by Crippen LogP contribution is -2.35. The van der Waals surface area contributed by atoms with Crippen LogP contribution in [-0.4, -0.2) is 28.0 Å². The molecule has 1 aliphatic heterocycles. The van der Waals surface area contributed by atoms with Crippen molar-refractivity contribution >= 4 is 10.9 Å². The first-order valence-electron chi connectivity index (χ1n) is 9.68. The second kappa shape index (κ2) is 7.92. The summed E-state index contributed by atoms with van der Waals surface area (Å²) in [5, 5.41) is 1.00. The van der Waals surface area contributed by atoms with E-state index in [4.69, 9.17) is 4.74 Å². The standard InChI is InChI=1S/C22H25N3O2/c1-2-27-18-9-10-19-16(14-18)13-17(22(26)24-19)15-25-12-6-4-8-21(25)20-7-3-5-11-23-20/h3,5,7,9-11,13-14,21H,2,4,6,8,12,15H2,1H3,(H,24,26)/t21-/m0/s1. The summed E-state index contributed by atoms with van der Waals surface area (Å²) in [5.74, 6) is 0.826. The lowest BCUT2D eigenvalue weighted by Gasteiger charge is -2.35. The molecule has 3 heterocycles. The van der Waals surface area contributed by atoms with E-state index in [9.17, 15) is 4.79 Å². The zero-order valence-electron chi connectivity index (χ0n) is 15.6. The van der Waals surface area contributed by atoms with Gasteiger partial charge in [-0.3, -0.25) is 14.7 Å². The second-order valence-corrected chi connectivity index (χ2v) is 7.04. The molecule has 0 radical (unpaired) electrons. The van der Waals surface area contributed by atoms with E-state index < -0.39 is 0 Å². The maximum absolute atomic E-state index is 12.6. The predicted molar refractivity (Wildman–Crippen MR) is 107 cm³/mol. The molecule has 0 spiro atoms. The Kier molecular flexibility index (Phi) is 5.21. The van der Waals surface area contributed by atoms with E-state index in [0.717, 1.165) is 47.3 Å². The number of hydrogen-bond acceptors (Lipinski definition) is 4. The van der Waals surface area contributed by atoms with Gasteiger partial charge in [0.15, 0.2) is 0 Å². The molecule has 0 bridgehead atoms. The highest BCUT2D eigenvalue weighted by atomic mass is 16.5. The Bertz CT molecular complexity index is 968. The number of likely N-dealkylation sites (tertiary alicyclic amines) is 1. The number of aromatic nitrogens is 2. The van der Waals surface area contributed by atoms with Gasteiger partial charge in [0.05, 0.1) is 18.3 Å². The van der Waals surface area contributed by atoms with Crippen LogP contribution in [0.3, 0.4) is 0 Å². The van der Waals surface area contributed by atoms with Crippen molar-refractivity contribution in [2.75, 3.05) is 13.2 Å². The number of ether oxygens (including phenoxy) is 1. The fourth-order valence-electron chi connectivity index (χ4n) is 3.91. The van der Waals surface area contributed by atoms with Gasteiger partial charge in [0, 0.05) is 29.2 Å². The van der Waals surface area contributed by atoms with Crippen LogP contribution in [-0.2, 0) is 6.54 Å². The fraction of sp³-hybridized carbons (Fsp3) is 0.364. The summed E-state index contributed by atoms with van der Waals surface area (Å²) in [6.07, 6.45) is 5.28. The van der Waals surface area contributed by atoms with Crippen LogP contribution >= 0.6 is 0 Å². The summed E-state index contributed by atoms with van der Waals surface area (Å²) >= 11 is 0.